The highest BCUT2D eigenvalue weighted by Crippen LogP contribution is 2.28. The molecule has 4 rings (SSSR count). The fourth-order valence-electron chi connectivity index (χ4n) is 4.92. The van der Waals surface area contributed by atoms with E-state index in [1.54, 1.807) is 24.3 Å². The molecule has 3 N–H and O–H groups in total. The maximum atomic E-state index is 13.3. The van der Waals surface area contributed by atoms with Crippen LogP contribution >= 0.6 is 0 Å². The lowest BCUT2D eigenvalue weighted by atomic mass is 9.93. The topological polar surface area (TPSA) is 108 Å². The highest BCUT2D eigenvalue weighted by molar-refractivity contribution is 5.97. The molecule has 0 aliphatic carbocycles. The number of halogens is 2. The number of hydrogen-bond acceptors (Lipinski definition) is 6. The largest absolute Gasteiger partial charge is 0.465 e. The first-order valence-electron chi connectivity index (χ1n) is 13.4. The highest BCUT2D eigenvalue weighted by atomic mass is 19.1. The van der Waals surface area contributed by atoms with Gasteiger partial charge in [0.1, 0.15) is 17.9 Å². The second-order valence-corrected chi connectivity index (χ2v) is 9.99. The van der Waals surface area contributed by atoms with E-state index in [0.717, 1.165) is 11.1 Å². The fraction of sp³-hybridized carbons (Fsp3) is 0.323. The number of carbonyl (C=O) groups excluding carboxylic acids is 3. The normalized spacial score (nSPS) is 17.2. The van der Waals surface area contributed by atoms with E-state index in [2.05, 4.69) is 10.6 Å². The predicted molar refractivity (Wildman–Crippen MR) is 148 cm³/mol. The lowest BCUT2D eigenvalue weighted by Crippen LogP contribution is -2.45. The molecule has 2 amide bonds. The smallest absolute Gasteiger partial charge is 0.337 e. The van der Waals surface area contributed by atoms with Crippen molar-refractivity contribution in [3.05, 3.63) is 107 Å². The van der Waals surface area contributed by atoms with Crippen LogP contribution in [-0.2, 0) is 22.4 Å². The molecule has 0 bridgehead atoms. The molecule has 0 aromatic heterocycles. The zero-order chi connectivity index (χ0) is 29.4. The highest BCUT2D eigenvalue weighted by Gasteiger charge is 2.43. The van der Waals surface area contributed by atoms with Crippen molar-refractivity contribution in [3.8, 4) is 0 Å². The predicted octanol–water partition coefficient (Wildman–Crippen LogP) is 2.95. The van der Waals surface area contributed by atoms with Crippen molar-refractivity contribution in [1.29, 1.82) is 0 Å². The van der Waals surface area contributed by atoms with Gasteiger partial charge >= 0.3 is 5.97 Å². The molecule has 1 fully saturated rings. The third kappa shape index (κ3) is 7.96. The summed E-state index contributed by atoms with van der Waals surface area (Å²) in [7, 11) is 1.27. The van der Waals surface area contributed by atoms with Crippen molar-refractivity contribution in [2.75, 3.05) is 33.3 Å². The van der Waals surface area contributed by atoms with E-state index in [1.807, 2.05) is 0 Å². The first kappa shape index (κ1) is 29.8. The molecule has 216 valence electrons. The molecule has 1 heterocycles. The summed E-state index contributed by atoms with van der Waals surface area (Å²) in [5, 5.41) is 17.0. The first-order chi connectivity index (χ1) is 19.7. The SMILES string of the molecule is COC(=O)c1ccc(C(=O)N2C[C@@H](C(=O)NCCc3ccc(F)cc3)[C@H](C(O)NCCc3ccc(F)cc3)C2)cc1. The zero-order valence-corrected chi connectivity index (χ0v) is 22.7. The van der Waals surface area contributed by atoms with Crippen molar-refractivity contribution in [2.45, 2.75) is 19.1 Å². The Morgan fingerprint density at radius 1 is 0.854 bits per heavy atom. The van der Waals surface area contributed by atoms with Gasteiger partial charge in [0.25, 0.3) is 5.91 Å². The van der Waals surface area contributed by atoms with Crippen molar-refractivity contribution in [1.82, 2.24) is 15.5 Å². The Labute approximate surface area is 237 Å². The summed E-state index contributed by atoms with van der Waals surface area (Å²) in [6.07, 6.45) is -0.0482. The molecule has 0 spiro atoms. The summed E-state index contributed by atoms with van der Waals surface area (Å²) in [6.45, 7) is 0.926. The Morgan fingerprint density at radius 3 is 1.95 bits per heavy atom. The van der Waals surface area contributed by atoms with E-state index in [1.165, 1.54) is 60.5 Å². The molecule has 1 saturated heterocycles. The van der Waals surface area contributed by atoms with Crippen LogP contribution < -0.4 is 10.6 Å². The van der Waals surface area contributed by atoms with Crippen LogP contribution in [0.25, 0.3) is 0 Å². The molecule has 3 aromatic rings. The number of ether oxygens (including phenoxy) is 1. The van der Waals surface area contributed by atoms with Gasteiger partial charge in [0.05, 0.1) is 18.6 Å². The Bertz CT molecular complexity index is 1330. The third-order valence-electron chi connectivity index (χ3n) is 7.25. The van der Waals surface area contributed by atoms with Crippen LogP contribution in [0.1, 0.15) is 31.8 Å². The number of likely N-dealkylation sites (tertiary alicyclic amines) is 1. The maximum absolute atomic E-state index is 13.3. The van der Waals surface area contributed by atoms with Crippen LogP contribution in [-0.4, -0.2) is 67.3 Å². The minimum absolute atomic E-state index is 0.0985. The number of aliphatic hydroxyl groups excluding tert-OH is 1. The molecule has 10 heteroatoms. The number of methoxy groups -OCH3 is 1. The molecule has 1 unspecified atom stereocenters. The average molecular weight is 566 g/mol. The molecule has 8 nitrogen and oxygen atoms in total. The van der Waals surface area contributed by atoms with Gasteiger partial charge in [-0.15, -0.1) is 0 Å². The number of amides is 2. The Hall–Kier alpha value is -4.15. The van der Waals surface area contributed by atoms with Crippen LogP contribution in [0, 0.1) is 23.5 Å². The summed E-state index contributed by atoms with van der Waals surface area (Å²) < 4.78 is 31.1. The van der Waals surface area contributed by atoms with Crippen molar-refractivity contribution < 1.29 is 33.0 Å². The zero-order valence-electron chi connectivity index (χ0n) is 22.7. The van der Waals surface area contributed by atoms with Crippen LogP contribution in [0.2, 0.25) is 0 Å². The molecule has 3 atom stereocenters. The van der Waals surface area contributed by atoms with E-state index >= 15 is 0 Å². The van der Waals surface area contributed by atoms with Gasteiger partial charge < -0.3 is 20.1 Å². The first-order valence-corrected chi connectivity index (χ1v) is 13.4. The van der Waals surface area contributed by atoms with E-state index in [0.29, 0.717) is 37.1 Å². The molecular weight excluding hydrogens is 532 g/mol. The summed E-state index contributed by atoms with van der Waals surface area (Å²) in [6, 6.07) is 18.2. The number of hydrogen-bond donors (Lipinski definition) is 3. The molecule has 3 aromatic carbocycles. The van der Waals surface area contributed by atoms with Crippen LogP contribution in [0.4, 0.5) is 8.78 Å². The second-order valence-electron chi connectivity index (χ2n) is 9.99. The number of carbonyl (C=O) groups is 3. The number of esters is 1. The van der Waals surface area contributed by atoms with Crippen LogP contribution in [0.3, 0.4) is 0 Å². The van der Waals surface area contributed by atoms with Gasteiger partial charge in [0.2, 0.25) is 5.91 Å². The quantitative estimate of drug-likeness (QED) is 0.244. The lowest BCUT2D eigenvalue weighted by molar-refractivity contribution is -0.127. The van der Waals surface area contributed by atoms with Crippen molar-refractivity contribution >= 4 is 17.8 Å². The average Bonchev–Trinajstić information content (AvgIpc) is 3.44. The van der Waals surface area contributed by atoms with Gasteiger partial charge in [-0.2, -0.15) is 0 Å². The molecule has 41 heavy (non-hydrogen) atoms. The molecule has 0 radical (unpaired) electrons. The minimum Gasteiger partial charge on any atom is -0.465 e. The Kier molecular flexibility index (Phi) is 10.2. The van der Waals surface area contributed by atoms with Gasteiger partial charge in [-0.3, -0.25) is 14.9 Å². The second kappa shape index (κ2) is 14.0. The van der Waals surface area contributed by atoms with Gasteiger partial charge in [0, 0.05) is 37.7 Å². The lowest BCUT2D eigenvalue weighted by Gasteiger charge is -2.24. The van der Waals surface area contributed by atoms with Crippen molar-refractivity contribution in [2.24, 2.45) is 11.8 Å². The summed E-state index contributed by atoms with van der Waals surface area (Å²) in [4.78, 5) is 39.8. The molecule has 0 saturated carbocycles. The van der Waals surface area contributed by atoms with Crippen molar-refractivity contribution in [3.63, 3.8) is 0 Å². The number of rotatable bonds is 11. The summed E-state index contributed by atoms with van der Waals surface area (Å²) >= 11 is 0. The van der Waals surface area contributed by atoms with E-state index in [9.17, 15) is 28.3 Å². The molecular formula is C31H33F2N3O5. The van der Waals surface area contributed by atoms with Gasteiger partial charge in [-0.05, 0) is 72.5 Å². The maximum Gasteiger partial charge on any atom is 0.337 e. The van der Waals surface area contributed by atoms with Crippen LogP contribution in [0.5, 0.6) is 0 Å². The number of aliphatic hydroxyl groups is 1. The molecule has 1 aliphatic rings. The standard InChI is InChI=1S/C31H33F2N3O5/c1-41-31(40)23-8-6-22(7-9-23)30(39)36-18-26(28(37)34-16-14-20-2-10-24(32)11-3-20)27(19-36)29(38)35-17-15-21-4-12-25(33)13-5-21/h2-13,26-28,34,37H,14-19H2,1H3,(H,35,38)/t26-,27-,28?/m1/s1. The van der Waals surface area contributed by atoms with E-state index in [-0.39, 0.29) is 36.5 Å². The monoisotopic (exact) mass is 565 g/mol. The number of nitrogens with zero attached hydrogens (tertiary/aromatic N) is 1. The fourth-order valence-corrected chi connectivity index (χ4v) is 4.92. The van der Waals surface area contributed by atoms with Gasteiger partial charge in [0.15, 0.2) is 0 Å². The number of benzene rings is 3. The third-order valence-corrected chi connectivity index (χ3v) is 7.25. The number of nitrogens with one attached hydrogen (secondary N) is 2. The Morgan fingerprint density at radius 2 is 1.39 bits per heavy atom. The molecule has 1 aliphatic heterocycles. The van der Waals surface area contributed by atoms with Crippen LogP contribution in [0.15, 0.2) is 72.8 Å². The van der Waals surface area contributed by atoms with E-state index in [4.69, 9.17) is 4.74 Å². The van der Waals surface area contributed by atoms with Gasteiger partial charge in [-0.1, -0.05) is 24.3 Å². The van der Waals surface area contributed by atoms with E-state index < -0.39 is 24.0 Å². The summed E-state index contributed by atoms with van der Waals surface area (Å²) in [5.41, 5.74) is 2.40. The summed E-state index contributed by atoms with van der Waals surface area (Å²) in [5.74, 6) is -3.08. The minimum atomic E-state index is -1.08. The Balaban J connectivity index is 1.41. The van der Waals surface area contributed by atoms with Gasteiger partial charge in [-0.25, -0.2) is 13.6 Å².